The van der Waals surface area contributed by atoms with Gasteiger partial charge in [0, 0.05) is 14.4 Å². The van der Waals surface area contributed by atoms with Crippen LogP contribution in [-0.4, -0.2) is 4.98 Å². The SMILES string of the molecule is CC(C)(C)c1csc(COc2cccc(I)c2)n1. The molecule has 0 radical (unpaired) electrons. The number of aromatic nitrogens is 1. The van der Waals surface area contributed by atoms with Crippen LogP contribution in [0.5, 0.6) is 5.75 Å². The van der Waals surface area contributed by atoms with Gasteiger partial charge in [-0.05, 0) is 40.8 Å². The zero-order valence-electron chi connectivity index (χ0n) is 10.7. The van der Waals surface area contributed by atoms with Crippen LogP contribution in [0.3, 0.4) is 0 Å². The van der Waals surface area contributed by atoms with Crippen molar-refractivity contribution in [1.29, 1.82) is 0 Å². The average Bonchev–Trinajstić information content (AvgIpc) is 2.74. The minimum absolute atomic E-state index is 0.108. The average molecular weight is 373 g/mol. The number of ether oxygens (including phenoxy) is 1. The molecule has 0 saturated heterocycles. The van der Waals surface area contributed by atoms with E-state index in [9.17, 15) is 0 Å². The number of thiazole rings is 1. The zero-order valence-corrected chi connectivity index (χ0v) is 13.7. The summed E-state index contributed by atoms with van der Waals surface area (Å²) >= 11 is 3.94. The minimum Gasteiger partial charge on any atom is -0.486 e. The Balaban J connectivity index is 2.01. The topological polar surface area (TPSA) is 22.1 Å². The Bertz CT molecular complexity index is 531. The van der Waals surface area contributed by atoms with Crippen LogP contribution in [0.25, 0.3) is 0 Å². The highest BCUT2D eigenvalue weighted by Gasteiger charge is 2.17. The van der Waals surface area contributed by atoms with E-state index in [0.717, 1.165) is 16.5 Å². The Kier molecular flexibility index (Phi) is 4.27. The fourth-order valence-corrected chi connectivity index (χ4v) is 2.87. The molecule has 0 N–H and O–H groups in total. The molecular formula is C14H16INOS. The van der Waals surface area contributed by atoms with Crippen LogP contribution >= 0.6 is 33.9 Å². The van der Waals surface area contributed by atoms with Crippen molar-refractivity contribution in [3.8, 4) is 5.75 Å². The highest BCUT2D eigenvalue weighted by Crippen LogP contribution is 2.24. The lowest BCUT2D eigenvalue weighted by atomic mass is 9.93. The smallest absolute Gasteiger partial charge is 0.140 e. The van der Waals surface area contributed by atoms with Crippen molar-refractivity contribution < 1.29 is 4.74 Å². The van der Waals surface area contributed by atoms with Crippen molar-refractivity contribution in [2.24, 2.45) is 0 Å². The maximum Gasteiger partial charge on any atom is 0.140 e. The molecule has 0 fully saturated rings. The third kappa shape index (κ3) is 3.68. The molecule has 1 heterocycles. The molecule has 2 rings (SSSR count). The van der Waals surface area contributed by atoms with Crippen molar-refractivity contribution in [2.75, 3.05) is 0 Å². The Morgan fingerprint density at radius 1 is 1.33 bits per heavy atom. The van der Waals surface area contributed by atoms with Crippen LogP contribution < -0.4 is 4.74 Å². The molecule has 1 aromatic heterocycles. The summed E-state index contributed by atoms with van der Waals surface area (Å²) in [5.41, 5.74) is 1.24. The van der Waals surface area contributed by atoms with E-state index >= 15 is 0 Å². The minimum atomic E-state index is 0.108. The Morgan fingerprint density at radius 3 is 2.72 bits per heavy atom. The van der Waals surface area contributed by atoms with Gasteiger partial charge in [-0.2, -0.15) is 0 Å². The number of nitrogens with zero attached hydrogens (tertiary/aromatic N) is 1. The first-order chi connectivity index (χ1) is 8.45. The van der Waals surface area contributed by atoms with Crippen molar-refractivity contribution in [1.82, 2.24) is 4.98 Å². The van der Waals surface area contributed by atoms with E-state index in [0.29, 0.717) is 6.61 Å². The molecule has 18 heavy (non-hydrogen) atoms. The van der Waals surface area contributed by atoms with Gasteiger partial charge in [0.2, 0.25) is 0 Å². The highest BCUT2D eigenvalue weighted by molar-refractivity contribution is 14.1. The maximum atomic E-state index is 5.74. The molecule has 0 atom stereocenters. The van der Waals surface area contributed by atoms with Gasteiger partial charge in [-0.3, -0.25) is 0 Å². The second kappa shape index (κ2) is 5.57. The van der Waals surface area contributed by atoms with Gasteiger partial charge in [0.1, 0.15) is 17.4 Å². The predicted molar refractivity (Wildman–Crippen MR) is 84.3 cm³/mol. The van der Waals surface area contributed by atoms with E-state index in [1.807, 2.05) is 18.2 Å². The molecule has 0 spiro atoms. The summed E-state index contributed by atoms with van der Waals surface area (Å²) in [5.74, 6) is 0.898. The van der Waals surface area contributed by atoms with E-state index in [4.69, 9.17) is 4.74 Å². The van der Waals surface area contributed by atoms with Crippen LogP contribution in [0.15, 0.2) is 29.6 Å². The van der Waals surface area contributed by atoms with Gasteiger partial charge in [0.05, 0.1) is 5.69 Å². The molecule has 0 unspecified atom stereocenters. The number of rotatable bonds is 3. The summed E-state index contributed by atoms with van der Waals surface area (Å²) in [6.07, 6.45) is 0. The van der Waals surface area contributed by atoms with E-state index in [2.05, 4.69) is 59.8 Å². The quantitative estimate of drug-likeness (QED) is 0.733. The second-order valence-corrected chi connectivity index (χ2v) is 7.31. The highest BCUT2D eigenvalue weighted by atomic mass is 127. The predicted octanol–water partition coefficient (Wildman–Crippen LogP) is 4.62. The van der Waals surface area contributed by atoms with Gasteiger partial charge in [0.25, 0.3) is 0 Å². The van der Waals surface area contributed by atoms with Gasteiger partial charge in [0.15, 0.2) is 0 Å². The van der Waals surface area contributed by atoms with Gasteiger partial charge in [-0.15, -0.1) is 11.3 Å². The monoisotopic (exact) mass is 373 g/mol. The van der Waals surface area contributed by atoms with Crippen molar-refractivity contribution in [3.63, 3.8) is 0 Å². The molecule has 0 aliphatic carbocycles. The summed E-state index contributed by atoms with van der Waals surface area (Å²) in [5, 5.41) is 3.15. The van der Waals surface area contributed by atoms with Gasteiger partial charge >= 0.3 is 0 Å². The molecule has 0 aliphatic rings. The first-order valence-corrected chi connectivity index (χ1v) is 7.74. The summed E-state index contributed by atoms with van der Waals surface area (Å²) in [4.78, 5) is 4.61. The van der Waals surface area contributed by atoms with Gasteiger partial charge < -0.3 is 4.74 Å². The number of hydrogen-bond donors (Lipinski definition) is 0. The molecule has 2 aromatic rings. The number of benzene rings is 1. The Morgan fingerprint density at radius 2 is 2.11 bits per heavy atom. The van der Waals surface area contributed by atoms with Crippen LogP contribution in [0.1, 0.15) is 31.5 Å². The van der Waals surface area contributed by atoms with E-state index in [1.165, 1.54) is 3.57 Å². The molecule has 0 aliphatic heterocycles. The normalized spacial score (nSPS) is 11.6. The fraction of sp³-hybridized carbons (Fsp3) is 0.357. The molecule has 0 bridgehead atoms. The zero-order chi connectivity index (χ0) is 13.2. The molecule has 1 aromatic carbocycles. The van der Waals surface area contributed by atoms with Crippen molar-refractivity contribution in [2.45, 2.75) is 32.8 Å². The van der Waals surface area contributed by atoms with E-state index in [1.54, 1.807) is 11.3 Å². The van der Waals surface area contributed by atoms with Crippen LogP contribution in [0.2, 0.25) is 0 Å². The second-order valence-electron chi connectivity index (χ2n) is 5.12. The van der Waals surface area contributed by atoms with Crippen molar-refractivity contribution in [3.05, 3.63) is 43.9 Å². The number of halogens is 1. The third-order valence-corrected chi connectivity index (χ3v) is 3.97. The first kappa shape index (κ1) is 13.8. The molecular weight excluding hydrogens is 357 g/mol. The maximum absolute atomic E-state index is 5.74. The van der Waals surface area contributed by atoms with Crippen LogP contribution in [0, 0.1) is 3.57 Å². The van der Waals surface area contributed by atoms with Crippen molar-refractivity contribution >= 4 is 33.9 Å². The lowest BCUT2D eigenvalue weighted by molar-refractivity contribution is 0.304. The molecule has 2 nitrogen and oxygen atoms in total. The van der Waals surface area contributed by atoms with Crippen LogP contribution in [-0.2, 0) is 12.0 Å². The lowest BCUT2D eigenvalue weighted by Gasteiger charge is -2.14. The van der Waals surface area contributed by atoms with Gasteiger partial charge in [-0.25, -0.2) is 4.98 Å². The molecule has 0 saturated carbocycles. The molecule has 96 valence electrons. The number of hydrogen-bond acceptors (Lipinski definition) is 3. The van der Waals surface area contributed by atoms with Crippen LogP contribution in [0.4, 0.5) is 0 Å². The standard InChI is InChI=1S/C14H16INOS/c1-14(2,3)12-9-18-13(16-12)8-17-11-6-4-5-10(15)7-11/h4-7,9H,8H2,1-3H3. The largest absolute Gasteiger partial charge is 0.486 e. The Labute approximate surface area is 126 Å². The first-order valence-electron chi connectivity index (χ1n) is 5.78. The van der Waals surface area contributed by atoms with Gasteiger partial charge in [-0.1, -0.05) is 26.8 Å². The Hall–Kier alpha value is -0.620. The molecule has 4 heteroatoms. The summed E-state index contributed by atoms with van der Waals surface area (Å²) in [6.45, 7) is 7.06. The fourth-order valence-electron chi connectivity index (χ4n) is 1.42. The molecule has 0 amide bonds. The third-order valence-electron chi connectivity index (χ3n) is 2.48. The van der Waals surface area contributed by atoms with E-state index in [-0.39, 0.29) is 5.41 Å². The summed E-state index contributed by atoms with van der Waals surface area (Å²) in [6, 6.07) is 8.05. The lowest BCUT2D eigenvalue weighted by Crippen LogP contribution is -2.11. The van der Waals surface area contributed by atoms with E-state index < -0.39 is 0 Å². The summed E-state index contributed by atoms with van der Waals surface area (Å²) < 4.78 is 6.92. The summed E-state index contributed by atoms with van der Waals surface area (Å²) in [7, 11) is 0.